The maximum absolute atomic E-state index is 12.5. The second-order valence-corrected chi connectivity index (χ2v) is 8.80. The normalized spacial score (nSPS) is 11.1. The summed E-state index contributed by atoms with van der Waals surface area (Å²) in [4.78, 5) is 28.7. The molecular formula is C26H27N5O3. The van der Waals surface area contributed by atoms with Crippen molar-refractivity contribution >= 4 is 40.2 Å². The van der Waals surface area contributed by atoms with E-state index < -0.39 is 11.7 Å². The first-order chi connectivity index (χ1) is 16.3. The molecule has 3 amide bonds. The van der Waals surface area contributed by atoms with Crippen molar-refractivity contribution in [2.24, 2.45) is 0 Å². The van der Waals surface area contributed by atoms with E-state index >= 15 is 0 Å². The largest absolute Gasteiger partial charge is 0.444 e. The Balaban J connectivity index is 1.47. The van der Waals surface area contributed by atoms with E-state index in [1.807, 2.05) is 93.7 Å². The molecule has 0 unspecified atom stereocenters. The number of para-hydroxylation sites is 1. The zero-order valence-electron chi connectivity index (χ0n) is 19.3. The fourth-order valence-corrected chi connectivity index (χ4v) is 3.52. The van der Waals surface area contributed by atoms with Crippen molar-refractivity contribution in [3.8, 4) is 0 Å². The monoisotopic (exact) mass is 457 g/mol. The van der Waals surface area contributed by atoms with Gasteiger partial charge in [-0.15, -0.1) is 0 Å². The molecule has 0 aliphatic heterocycles. The predicted octanol–water partition coefficient (Wildman–Crippen LogP) is 6.08. The number of rotatable bonds is 5. The minimum absolute atomic E-state index is 0.307. The van der Waals surface area contributed by atoms with E-state index in [1.54, 1.807) is 6.20 Å². The molecule has 174 valence electrons. The lowest BCUT2D eigenvalue weighted by molar-refractivity contribution is 0.0635. The van der Waals surface area contributed by atoms with Gasteiger partial charge in [0.2, 0.25) is 0 Å². The molecule has 0 saturated heterocycles. The highest BCUT2D eigenvalue weighted by Crippen LogP contribution is 2.26. The molecule has 0 fully saturated rings. The summed E-state index contributed by atoms with van der Waals surface area (Å²) in [5.41, 5.74) is 2.77. The number of nitrogens with one attached hydrogen (secondary N) is 3. The van der Waals surface area contributed by atoms with Crippen LogP contribution in [0.25, 0.3) is 10.9 Å². The number of carbonyl (C=O) groups excluding carboxylic acids is 2. The Labute approximate surface area is 198 Å². The Kier molecular flexibility index (Phi) is 6.49. The number of aromatic nitrogens is 2. The number of urea groups is 1. The SMILES string of the molecule is CC(C)(C)OC(=O)Nc1cc(Cn2ccc3c(NC(=O)Nc4ccccc4)cccc32)ccn1. The number of pyridine rings is 1. The van der Waals surface area contributed by atoms with E-state index in [2.05, 4.69) is 25.5 Å². The smallest absolute Gasteiger partial charge is 0.413 e. The van der Waals surface area contributed by atoms with Gasteiger partial charge in [0.15, 0.2) is 0 Å². The van der Waals surface area contributed by atoms with Crippen molar-refractivity contribution in [2.45, 2.75) is 32.9 Å². The Morgan fingerprint density at radius 2 is 1.74 bits per heavy atom. The van der Waals surface area contributed by atoms with Crippen LogP contribution in [0.1, 0.15) is 26.3 Å². The molecule has 0 radical (unpaired) electrons. The highest BCUT2D eigenvalue weighted by molar-refractivity contribution is 6.05. The van der Waals surface area contributed by atoms with Gasteiger partial charge in [0.25, 0.3) is 0 Å². The molecule has 8 heteroatoms. The minimum Gasteiger partial charge on any atom is -0.444 e. The van der Waals surface area contributed by atoms with Gasteiger partial charge >= 0.3 is 12.1 Å². The van der Waals surface area contributed by atoms with Gasteiger partial charge in [0.1, 0.15) is 11.4 Å². The maximum atomic E-state index is 12.5. The van der Waals surface area contributed by atoms with Gasteiger partial charge in [0.05, 0.1) is 11.2 Å². The highest BCUT2D eigenvalue weighted by atomic mass is 16.6. The van der Waals surface area contributed by atoms with Crippen LogP contribution in [-0.4, -0.2) is 27.3 Å². The maximum Gasteiger partial charge on any atom is 0.413 e. The van der Waals surface area contributed by atoms with Crippen molar-refractivity contribution < 1.29 is 14.3 Å². The zero-order valence-corrected chi connectivity index (χ0v) is 19.3. The summed E-state index contributed by atoms with van der Waals surface area (Å²) in [7, 11) is 0. The molecule has 2 heterocycles. The van der Waals surface area contributed by atoms with E-state index in [4.69, 9.17) is 4.74 Å². The Morgan fingerprint density at radius 1 is 0.941 bits per heavy atom. The number of benzene rings is 2. The second kappa shape index (κ2) is 9.66. The lowest BCUT2D eigenvalue weighted by Gasteiger charge is -2.19. The van der Waals surface area contributed by atoms with Crippen LogP contribution in [0.5, 0.6) is 0 Å². The van der Waals surface area contributed by atoms with Crippen LogP contribution in [0.15, 0.2) is 79.1 Å². The second-order valence-electron chi connectivity index (χ2n) is 8.80. The van der Waals surface area contributed by atoms with Crippen molar-refractivity contribution in [3.05, 3.63) is 84.7 Å². The molecule has 0 aliphatic rings. The number of nitrogens with zero attached hydrogens (tertiary/aromatic N) is 2. The molecule has 0 atom stereocenters. The summed E-state index contributed by atoms with van der Waals surface area (Å²) in [6.07, 6.45) is 3.06. The van der Waals surface area contributed by atoms with Crippen LogP contribution in [-0.2, 0) is 11.3 Å². The van der Waals surface area contributed by atoms with E-state index in [0.717, 1.165) is 22.2 Å². The summed E-state index contributed by atoms with van der Waals surface area (Å²) < 4.78 is 7.36. The van der Waals surface area contributed by atoms with Gasteiger partial charge < -0.3 is 19.9 Å². The number of carbonyl (C=O) groups is 2. The van der Waals surface area contributed by atoms with Gasteiger partial charge in [-0.05, 0) is 68.8 Å². The van der Waals surface area contributed by atoms with E-state index in [0.29, 0.717) is 18.1 Å². The molecule has 3 N–H and O–H groups in total. The first kappa shape index (κ1) is 22.8. The average Bonchev–Trinajstić information content (AvgIpc) is 3.17. The predicted molar refractivity (Wildman–Crippen MR) is 134 cm³/mol. The van der Waals surface area contributed by atoms with E-state index in [1.165, 1.54) is 0 Å². The van der Waals surface area contributed by atoms with E-state index in [-0.39, 0.29) is 6.03 Å². The minimum atomic E-state index is -0.588. The molecule has 34 heavy (non-hydrogen) atoms. The van der Waals surface area contributed by atoms with Crippen LogP contribution in [0.2, 0.25) is 0 Å². The lowest BCUT2D eigenvalue weighted by atomic mass is 10.2. The Hall–Kier alpha value is -4.33. The molecule has 2 aromatic heterocycles. The number of anilines is 3. The topological polar surface area (TPSA) is 97.3 Å². The van der Waals surface area contributed by atoms with Gasteiger partial charge in [0, 0.05) is 30.0 Å². The van der Waals surface area contributed by atoms with Crippen LogP contribution in [0, 0.1) is 0 Å². The highest BCUT2D eigenvalue weighted by Gasteiger charge is 2.17. The third-order valence-electron chi connectivity index (χ3n) is 4.90. The average molecular weight is 458 g/mol. The van der Waals surface area contributed by atoms with E-state index in [9.17, 15) is 9.59 Å². The Bertz CT molecular complexity index is 1310. The van der Waals surface area contributed by atoms with Gasteiger partial charge in [-0.3, -0.25) is 5.32 Å². The number of ether oxygens (including phenoxy) is 1. The zero-order chi connectivity index (χ0) is 24.1. The summed E-state index contributed by atoms with van der Waals surface area (Å²) in [5, 5.41) is 9.35. The third-order valence-corrected chi connectivity index (χ3v) is 4.90. The van der Waals surface area contributed by atoms with Crippen LogP contribution in [0.4, 0.5) is 26.8 Å². The fraction of sp³-hybridized carbons (Fsp3) is 0.192. The van der Waals surface area contributed by atoms with Gasteiger partial charge in [-0.25, -0.2) is 14.6 Å². The van der Waals surface area contributed by atoms with Crippen molar-refractivity contribution in [2.75, 3.05) is 16.0 Å². The van der Waals surface area contributed by atoms with Crippen molar-refractivity contribution in [3.63, 3.8) is 0 Å². The molecule has 8 nitrogen and oxygen atoms in total. The molecule has 4 aromatic rings. The van der Waals surface area contributed by atoms with Crippen LogP contribution in [0.3, 0.4) is 0 Å². The van der Waals surface area contributed by atoms with Gasteiger partial charge in [-0.2, -0.15) is 0 Å². The van der Waals surface area contributed by atoms with Crippen molar-refractivity contribution in [1.82, 2.24) is 9.55 Å². The standard InChI is InChI=1S/C26H27N5O3/c1-26(2,3)34-25(33)30-23-16-18(12-14-27-23)17-31-15-13-20-21(10-7-11-22(20)31)29-24(32)28-19-8-5-4-6-9-19/h4-16H,17H2,1-3H3,(H,27,30,33)(H2,28,29,32). The molecule has 0 bridgehead atoms. The molecule has 4 rings (SSSR count). The molecule has 2 aromatic carbocycles. The number of amides is 3. The summed E-state index contributed by atoms with van der Waals surface area (Å²) in [6.45, 7) is 5.99. The first-order valence-corrected chi connectivity index (χ1v) is 10.9. The summed E-state index contributed by atoms with van der Waals surface area (Å²) in [6, 6.07) is 20.4. The molecule has 0 aliphatic carbocycles. The number of fused-ring (bicyclic) bond motifs is 1. The quantitative estimate of drug-likeness (QED) is 0.338. The third kappa shape index (κ3) is 5.92. The van der Waals surface area contributed by atoms with Crippen LogP contribution >= 0.6 is 0 Å². The summed E-state index contributed by atoms with van der Waals surface area (Å²) in [5.74, 6) is 0.420. The molecule has 0 spiro atoms. The molecular weight excluding hydrogens is 430 g/mol. The Morgan fingerprint density at radius 3 is 2.50 bits per heavy atom. The number of hydrogen-bond donors (Lipinski definition) is 3. The first-order valence-electron chi connectivity index (χ1n) is 10.9. The summed E-state index contributed by atoms with van der Waals surface area (Å²) >= 11 is 0. The van der Waals surface area contributed by atoms with Crippen LogP contribution < -0.4 is 16.0 Å². The van der Waals surface area contributed by atoms with Crippen molar-refractivity contribution in [1.29, 1.82) is 0 Å². The van der Waals surface area contributed by atoms with Gasteiger partial charge in [-0.1, -0.05) is 24.3 Å². The lowest BCUT2D eigenvalue weighted by Crippen LogP contribution is -2.27. The number of hydrogen-bond acceptors (Lipinski definition) is 4. The molecule has 0 saturated carbocycles. The fourth-order valence-electron chi connectivity index (χ4n) is 3.52.